The molecule has 0 aliphatic carbocycles. The largest absolute Gasteiger partial charge is 0.416 e. The SMILES string of the molecule is Fc1cc(CNCc2cccnn2)cc(C(F)(F)F)c1. The van der Waals surface area contributed by atoms with Crippen molar-refractivity contribution in [2.45, 2.75) is 19.3 Å². The van der Waals surface area contributed by atoms with Crippen molar-refractivity contribution in [3.05, 3.63) is 59.2 Å². The summed E-state index contributed by atoms with van der Waals surface area (Å²) in [4.78, 5) is 0. The lowest BCUT2D eigenvalue weighted by atomic mass is 10.1. The number of nitrogens with one attached hydrogen (secondary N) is 1. The lowest BCUT2D eigenvalue weighted by Crippen LogP contribution is -2.15. The third kappa shape index (κ3) is 3.99. The standard InChI is InChI=1S/C13H11F4N3/c14-11-5-9(4-10(6-11)13(15,16)17)7-18-8-12-2-1-3-19-20-12/h1-6,18H,7-8H2. The van der Waals surface area contributed by atoms with Gasteiger partial charge in [-0.2, -0.15) is 23.4 Å². The van der Waals surface area contributed by atoms with Crippen LogP contribution in [0.5, 0.6) is 0 Å². The number of hydrogen-bond acceptors (Lipinski definition) is 3. The van der Waals surface area contributed by atoms with Gasteiger partial charge in [-0.3, -0.25) is 0 Å². The molecule has 7 heteroatoms. The molecule has 1 aromatic heterocycles. The Balaban J connectivity index is 2.01. The zero-order valence-corrected chi connectivity index (χ0v) is 10.3. The van der Waals surface area contributed by atoms with Gasteiger partial charge in [-0.1, -0.05) is 0 Å². The van der Waals surface area contributed by atoms with Gasteiger partial charge in [-0.05, 0) is 35.9 Å². The van der Waals surface area contributed by atoms with E-state index in [1.54, 1.807) is 12.1 Å². The summed E-state index contributed by atoms with van der Waals surface area (Å²) in [7, 11) is 0. The van der Waals surface area contributed by atoms with Gasteiger partial charge in [0.2, 0.25) is 0 Å². The van der Waals surface area contributed by atoms with Gasteiger partial charge in [0.05, 0.1) is 11.3 Å². The fourth-order valence-corrected chi connectivity index (χ4v) is 1.68. The van der Waals surface area contributed by atoms with Crippen LogP contribution in [0.25, 0.3) is 0 Å². The van der Waals surface area contributed by atoms with Gasteiger partial charge in [-0.25, -0.2) is 4.39 Å². The maximum atomic E-state index is 13.2. The minimum Gasteiger partial charge on any atom is -0.307 e. The van der Waals surface area contributed by atoms with Gasteiger partial charge >= 0.3 is 6.18 Å². The number of rotatable bonds is 4. The quantitative estimate of drug-likeness (QED) is 0.878. The zero-order valence-electron chi connectivity index (χ0n) is 10.3. The number of benzene rings is 1. The molecule has 0 unspecified atom stereocenters. The molecule has 0 aliphatic heterocycles. The molecule has 1 aromatic carbocycles. The van der Waals surface area contributed by atoms with Crippen molar-refractivity contribution in [2.24, 2.45) is 0 Å². The molecule has 0 spiro atoms. The molecule has 20 heavy (non-hydrogen) atoms. The van der Waals surface area contributed by atoms with Gasteiger partial charge < -0.3 is 5.32 Å². The maximum Gasteiger partial charge on any atom is 0.416 e. The van der Waals surface area contributed by atoms with Crippen molar-refractivity contribution in [3.8, 4) is 0 Å². The van der Waals surface area contributed by atoms with Crippen LogP contribution in [0.1, 0.15) is 16.8 Å². The van der Waals surface area contributed by atoms with Gasteiger partial charge in [0.15, 0.2) is 0 Å². The van der Waals surface area contributed by atoms with E-state index in [1.807, 2.05) is 0 Å². The van der Waals surface area contributed by atoms with Crippen LogP contribution in [0, 0.1) is 5.82 Å². The zero-order chi connectivity index (χ0) is 14.6. The van der Waals surface area contributed by atoms with Crippen LogP contribution < -0.4 is 5.32 Å². The van der Waals surface area contributed by atoms with Crippen LogP contribution in [0.2, 0.25) is 0 Å². The predicted molar refractivity (Wildman–Crippen MR) is 64.0 cm³/mol. The Hall–Kier alpha value is -2.02. The van der Waals surface area contributed by atoms with E-state index < -0.39 is 17.6 Å². The average Bonchev–Trinajstić information content (AvgIpc) is 2.38. The summed E-state index contributed by atoms with van der Waals surface area (Å²) >= 11 is 0. The first-order chi connectivity index (χ1) is 9.45. The molecule has 0 radical (unpaired) electrons. The van der Waals surface area contributed by atoms with E-state index in [0.29, 0.717) is 18.3 Å². The summed E-state index contributed by atoms with van der Waals surface area (Å²) in [5.74, 6) is -0.906. The van der Waals surface area contributed by atoms with E-state index in [4.69, 9.17) is 0 Å². The van der Waals surface area contributed by atoms with Crippen LogP contribution in [-0.4, -0.2) is 10.2 Å². The summed E-state index contributed by atoms with van der Waals surface area (Å²) in [5.41, 5.74) is -0.116. The van der Waals surface area contributed by atoms with Crippen molar-refractivity contribution in [3.63, 3.8) is 0 Å². The monoisotopic (exact) mass is 285 g/mol. The lowest BCUT2D eigenvalue weighted by molar-refractivity contribution is -0.137. The Bertz CT molecular complexity index is 570. The normalized spacial score (nSPS) is 11.6. The minimum atomic E-state index is -4.55. The number of aromatic nitrogens is 2. The van der Waals surface area contributed by atoms with Crippen molar-refractivity contribution >= 4 is 0 Å². The molecule has 2 rings (SSSR count). The van der Waals surface area contributed by atoms with Crippen LogP contribution in [0.15, 0.2) is 36.5 Å². The summed E-state index contributed by atoms with van der Waals surface area (Å²) in [6, 6.07) is 5.90. The number of nitrogens with zero attached hydrogens (tertiary/aromatic N) is 2. The van der Waals surface area contributed by atoms with E-state index >= 15 is 0 Å². The summed E-state index contributed by atoms with van der Waals surface area (Å²) < 4.78 is 50.7. The number of halogens is 4. The first-order valence-electron chi connectivity index (χ1n) is 5.79. The van der Waals surface area contributed by atoms with Crippen molar-refractivity contribution in [2.75, 3.05) is 0 Å². The van der Waals surface area contributed by atoms with E-state index in [0.717, 1.165) is 12.1 Å². The fraction of sp³-hybridized carbons (Fsp3) is 0.231. The second-order valence-corrected chi connectivity index (χ2v) is 4.16. The number of alkyl halides is 3. The van der Waals surface area contributed by atoms with Crippen LogP contribution in [0.4, 0.5) is 17.6 Å². The molecule has 3 nitrogen and oxygen atoms in total. The molecule has 0 saturated heterocycles. The highest BCUT2D eigenvalue weighted by Gasteiger charge is 2.31. The van der Waals surface area contributed by atoms with Crippen molar-refractivity contribution < 1.29 is 17.6 Å². The van der Waals surface area contributed by atoms with Crippen molar-refractivity contribution in [1.82, 2.24) is 15.5 Å². The minimum absolute atomic E-state index is 0.109. The molecule has 0 atom stereocenters. The molecule has 2 aromatic rings. The smallest absolute Gasteiger partial charge is 0.307 e. The molecule has 1 heterocycles. The molecule has 0 bridgehead atoms. The van der Waals surface area contributed by atoms with Crippen molar-refractivity contribution in [1.29, 1.82) is 0 Å². The highest BCUT2D eigenvalue weighted by atomic mass is 19.4. The van der Waals surface area contributed by atoms with Gasteiger partial charge in [0.1, 0.15) is 5.82 Å². The van der Waals surface area contributed by atoms with Crippen LogP contribution in [0.3, 0.4) is 0 Å². The van der Waals surface area contributed by atoms with E-state index in [-0.39, 0.29) is 12.1 Å². The molecule has 0 fully saturated rings. The maximum absolute atomic E-state index is 13.2. The lowest BCUT2D eigenvalue weighted by Gasteiger charge is -2.10. The van der Waals surface area contributed by atoms with Crippen LogP contribution in [-0.2, 0) is 19.3 Å². The molecular formula is C13H11F4N3. The molecular weight excluding hydrogens is 274 g/mol. The van der Waals surface area contributed by atoms with Gasteiger partial charge in [0.25, 0.3) is 0 Å². The third-order valence-corrected chi connectivity index (χ3v) is 2.55. The van der Waals surface area contributed by atoms with Crippen LogP contribution >= 0.6 is 0 Å². The summed E-state index contributed by atoms with van der Waals surface area (Å²) in [6.45, 7) is 0.448. The van der Waals surface area contributed by atoms with E-state index in [2.05, 4.69) is 15.5 Å². The molecule has 0 saturated carbocycles. The van der Waals surface area contributed by atoms with E-state index in [1.165, 1.54) is 6.20 Å². The van der Waals surface area contributed by atoms with Gasteiger partial charge in [-0.15, -0.1) is 0 Å². The second kappa shape index (κ2) is 5.96. The van der Waals surface area contributed by atoms with Gasteiger partial charge in [0, 0.05) is 19.3 Å². The molecule has 0 aliphatic rings. The predicted octanol–water partition coefficient (Wildman–Crippen LogP) is 2.92. The molecule has 1 N–H and O–H groups in total. The molecule has 106 valence electrons. The highest BCUT2D eigenvalue weighted by Crippen LogP contribution is 2.30. The highest BCUT2D eigenvalue weighted by molar-refractivity contribution is 5.26. The Morgan fingerprint density at radius 3 is 2.55 bits per heavy atom. The topological polar surface area (TPSA) is 37.8 Å². The first-order valence-corrected chi connectivity index (χ1v) is 5.79. The summed E-state index contributed by atoms with van der Waals surface area (Å²) in [6.07, 6.45) is -3.03. The number of hydrogen-bond donors (Lipinski definition) is 1. The summed E-state index contributed by atoms with van der Waals surface area (Å²) in [5, 5.41) is 10.4. The second-order valence-electron chi connectivity index (χ2n) is 4.16. The first kappa shape index (κ1) is 14.4. The Labute approximate surface area is 112 Å². The Morgan fingerprint density at radius 2 is 1.90 bits per heavy atom. The Morgan fingerprint density at radius 1 is 1.10 bits per heavy atom. The van der Waals surface area contributed by atoms with E-state index in [9.17, 15) is 17.6 Å². The Kier molecular flexibility index (Phi) is 4.29. The average molecular weight is 285 g/mol. The molecule has 0 amide bonds. The fourth-order valence-electron chi connectivity index (χ4n) is 1.68. The third-order valence-electron chi connectivity index (χ3n) is 2.55.